The van der Waals surface area contributed by atoms with Crippen molar-refractivity contribution in [1.82, 2.24) is 10.2 Å². The fourth-order valence-electron chi connectivity index (χ4n) is 5.19. The SMILES string of the molecule is C=C/C(=N\N=C(/C)N(C)C1CC(C)(C)NC(C)(C)C1)c1ccc(-c2ccc(N(C)N)c(N)c2)cc1O.CCC. The van der Waals surface area contributed by atoms with Crippen molar-refractivity contribution in [3.63, 3.8) is 0 Å². The maximum Gasteiger partial charge on any atom is 0.125 e. The molecule has 0 aromatic heterocycles. The Balaban J connectivity index is 0.00000170. The molecule has 6 N–H and O–H groups in total. The molecular formula is C31H49N7O. The van der Waals surface area contributed by atoms with Crippen LogP contribution in [-0.4, -0.2) is 52.8 Å². The molecule has 3 rings (SSSR count). The largest absolute Gasteiger partial charge is 0.507 e. The second-order valence-corrected chi connectivity index (χ2v) is 11.7. The number of anilines is 2. The van der Waals surface area contributed by atoms with Gasteiger partial charge < -0.3 is 26.1 Å². The van der Waals surface area contributed by atoms with Crippen LogP contribution >= 0.6 is 0 Å². The van der Waals surface area contributed by atoms with Gasteiger partial charge in [-0.25, -0.2) is 5.84 Å². The summed E-state index contributed by atoms with van der Waals surface area (Å²) in [5.74, 6) is 6.70. The van der Waals surface area contributed by atoms with E-state index in [9.17, 15) is 5.11 Å². The number of phenolic OH excluding ortho intramolecular Hbond substituents is 1. The van der Waals surface area contributed by atoms with Gasteiger partial charge >= 0.3 is 0 Å². The number of allylic oxidation sites excluding steroid dienone is 1. The predicted molar refractivity (Wildman–Crippen MR) is 168 cm³/mol. The lowest BCUT2D eigenvalue weighted by atomic mass is 9.79. The topological polar surface area (TPSA) is 116 Å². The van der Waals surface area contributed by atoms with Crippen LogP contribution in [0.2, 0.25) is 0 Å². The molecule has 0 unspecified atom stereocenters. The number of benzene rings is 2. The van der Waals surface area contributed by atoms with Crippen molar-refractivity contribution in [3.8, 4) is 16.9 Å². The van der Waals surface area contributed by atoms with E-state index >= 15 is 0 Å². The van der Waals surface area contributed by atoms with E-state index in [0.717, 1.165) is 35.5 Å². The van der Waals surface area contributed by atoms with Crippen LogP contribution in [0.15, 0.2) is 59.3 Å². The van der Waals surface area contributed by atoms with Crippen molar-refractivity contribution in [1.29, 1.82) is 0 Å². The minimum absolute atomic E-state index is 0.0370. The number of piperidine rings is 1. The van der Waals surface area contributed by atoms with Crippen molar-refractivity contribution in [3.05, 3.63) is 54.6 Å². The Morgan fingerprint density at radius 3 is 2.08 bits per heavy atom. The third-order valence-electron chi connectivity index (χ3n) is 6.74. The fourth-order valence-corrected chi connectivity index (χ4v) is 5.19. The quantitative estimate of drug-likeness (QED) is 0.120. The first-order valence-electron chi connectivity index (χ1n) is 13.6. The van der Waals surface area contributed by atoms with Crippen molar-refractivity contribution in [2.24, 2.45) is 16.0 Å². The van der Waals surface area contributed by atoms with Gasteiger partial charge in [-0.1, -0.05) is 39.0 Å². The van der Waals surface area contributed by atoms with Gasteiger partial charge in [0.15, 0.2) is 0 Å². The summed E-state index contributed by atoms with van der Waals surface area (Å²) in [5.41, 5.74) is 10.3. The van der Waals surface area contributed by atoms with Gasteiger partial charge in [-0.05, 0) is 88.9 Å². The molecule has 1 saturated heterocycles. The Morgan fingerprint density at radius 2 is 1.59 bits per heavy atom. The number of rotatable bonds is 6. The molecule has 8 heteroatoms. The average Bonchev–Trinajstić information content (AvgIpc) is 2.82. The third kappa shape index (κ3) is 8.57. The zero-order valence-electron chi connectivity index (χ0n) is 25.3. The number of amidine groups is 1. The highest BCUT2D eigenvalue weighted by atomic mass is 16.3. The summed E-state index contributed by atoms with van der Waals surface area (Å²) in [7, 11) is 3.80. The van der Waals surface area contributed by atoms with Crippen LogP contribution in [0.3, 0.4) is 0 Å². The van der Waals surface area contributed by atoms with Gasteiger partial charge in [0.1, 0.15) is 11.6 Å². The zero-order valence-corrected chi connectivity index (χ0v) is 25.3. The summed E-state index contributed by atoms with van der Waals surface area (Å²) in [6.45, 7) is 19.0. The average molecular weight is 536 g/mol. The Bertz CT molecular complexity index is 1180. The molecular weight excluding hydrogens is 486 g/mol. The molecule has 0 radical (unpaired) electrons. The van der Waals surface area contributed by atoms with Crippen LogP contribution in [0.5, 0.6) is 5.75 Å². The molecule has 1 fully saturated rings. The molecule has 2 aromatic carbocycles. The zero-order chi connectivity index (χ0) is 29.5. The maximum atomic E-state index is 10.8. The van der Waals surface area contributed by atoms with Crippen LogP contribution in [0.1, 0.15) is 73.3 Å². The number of nitrogens with two attached hydrogens (primary N) is 2. The van der Waals surface area contributed by atoms with E-state index in [-0.39, 0.29) is 16.8 Å². The molecule has 1 aliphatic rings. The number of hydrazine groups is 1. The van der Waals surface area contributed by atoms with Gasteiger partial charge in [-0.3, -0.25) is 0 Å². The lowest BCUT2D eigenvalue weighted by molar-refractivity contribution is 0.113. The summed E-state index contributed by atoms with van der Waals surface area (Å²) < 4.78 is 0. The minimum Gasteiger partial charge on any atom is -0.507 e. The highest BCUT2D eigenvalue weighted by molar-refractivity contribution is 6.10. The van der Waals surface area contributed by atoms with Gasteiger partial charge in [-0.15, -0.1) is 10.2 Å². The summed E-state index contributed by atoms with van der Waals surface area (Å²) in [6.07, 6.45) is 4.87. The maximum absolute atomic E-state index is 10.8. The highest BCUT2D eigenvalue weighted by Crippen LogP contribution is 2.33. The molecule has 1 heterocycles. The standard InChI is InChI=1S/C28H41N7O.C3H8/c1-9-24(32-31-18(2)34(7)21-16-27(3,4)33-28(5,6)17-21)22-12-10-20(15-26(22)36)19-11-13-25(35(8)30)23(29)14-19;1-3-2/h9-15,21,33,36H,1,16-17,29-30H2,2-8H3;3H2,1-2H3/b31-18+,32-24+;. The lowest BCUT2D eigenvalue weighted by Gasteiger charge is -2.49. The molecule has 214 valence electrons. The normalized spacial score (nSPS) is 17.2. The first-order chi connectivity index (χ1) is 18.1. The number of aromatic hydroxyl groups is 1. The van der Waals surface area contributed by atoms with E-state index in [1.165, 1.54) is 11.4 Å². The van der Waals surface area contributed by atoms with Crippen molar-refractivity contribution < 1.29 is 5.11 Å². The van der Waals surface area contributed by atoms with Gasteiger partial charge in [0.25, 0.3) is 0 Å². The molecule has 0 spiro atoms. The number of nitrogen functional groups attached to an aromatic ring is 1. The second kappa shape index (κ2) is 13.1. The van der Waals surface area contributed by atoms with Crippen LogP contribution in [0, 0.1) is 0 Å². The van der Waals surface area contributed by atoms with Crippen molar-refractivity contribution in [2.45, 2.75) is 84.8 Å². The first kappa shape index (κ1) is 31.9. The molecule has 0 atom stereocenters. The molecule has 0 saturated carbocycles. The number of hydrogen-bond acceptors (Lipinski definition) is 7. The van der Waals surface area contributed by atoms with Gasteiger partial charge in [0.2, 0.25) is 0 Å². The molecule has 0 aliphatic carbocycles. The smallest absolute Gasteiger partial charge is 0.125 e. The van der Waals surface area contributed by atoms with Gasteiger partial charge in [-0.2, -0.15) is 0 Å². The van der Waals surface area contributed by atoms with Crippen LogP contribution in [-0.2, 0) is 0 Å². The van der Waals surface area contributed by atoms with Crippen LogP contribution < -0.4 is 21.9 Å². The van der Waals surface area contributed by atoms with Gasteiger partial charge in [0.05, 0.1) is 17.1 Å². The van der Waals surface area contributed by atoms with E-state index in [2.05, 4.69) is 75.6 Å². The Hall–Kier alpha value is -3.36. The second-order valence-electron chi connectivity index (χ2n) is 11.7. The molecule has 0 amide bonds. The lowest BCUT2D eigenvalue weighted by Crippen LogP contribution is -2.62. The van der Waals surface area contributed by atoms with Gasteiger partial charge in [0, 0.05) is 36.8 Å². The highest BCUT2D eigenvalue weighted by Gasteiger charge is 2.39. The Kier molecular flexibility index (Phi) is 10.7. The van der Waals surface area contributed by atoms with E-state index in [0.29, 0.717) is 23.0 Å². The molecule has 2 aromatic rings. The Morgan fingerprint density at radius 1 is 1.05 bits per heavy atom. The van der Waals surface area contributed by atoms with E-state index in [1.54, 1.807) is 19.2 Å². The molecule has 0 bridgehead atoms. The molecule has 1 aliphatic heterocycles. The fraction of sp³-hybridized carbons (Fsp3) is 0.484. The molecule has 39 heavy (non-hydrogen) atoms. The van der Waals surface area contributed by atoms with Crippen LogP contribution in [0.4, 0.5) is 11.4 Å². The predicted octanol–water partition coefficient (Wildman–Crippen LogP) is 5.92. The number of phenols is 1. The summed E-state index contributed by atoms with van der Waals surface area (Å²) >= 11 is 0. The number of hydrogen-bond donors (Lipinski definition) is 4. The molecule has 8 nitrogen and oxygen atoms in total. The summed E-state index contributed by atoms with van der Waals surface area (Å²) in [4.78, 5) is 2.20. The van der Waals surface area contributed by atoms with Crippen molar-refractivity contribution >= 4 is 22.9 Å². The van der Waals surface area contributed by atoms with E-state index < -0.39 is 0 Å². The third-order valence-corrected chi connectivity index (χ3v) is 6.74. The van der Waals surface area contributed by atoms with Crippen molar-refractivity contribution in [2.75, 3.05) is 24.8 Å². The first-order valence-corrected chi connectivity index (χ1v) is 13.6. The monoisotopic (exact) mass is 535 g/mol. The minimum atomic E-state index is 0.0370. The summed E-state index contributed by atoms with van der Waals surface area (Å²) in [5, 5.41) is 24.9. The summed E-state index contributed by atoms with van der Waals surface area (Å²) in [6, 6.07) is 11.4. The van der Waals surface area contributed by atoms with Crippen LogP contribution in [0.25, 0.3) is 11.1 Å². The Labute approximate surface area is 235 Å². The van der Waals surface area contributed by atoms with E-state index in [4.69, 9.17) is 11.6 Å². The number of nitrogens with zero attached hydrogens (tertiary/aromatic N) is 4. The number of nitrogens with one attached hydrogen (secondary N) is 1. The van der Waals surface area contributed by atoms with E-state index in [1.807, 2.05) is 37.3 Å².